The van der Waals surface area contributed by atoms with Crippen LogP contribution in [0.4, 0.5) is 8.78 Å². The first-order valence-electron chi connectivity index (χ1n) is 7.77. The van der Waals surface area contributed by atoms with Crippen molar-refractivity contribution in [1.82, 2.24) is 15.1 Å². The number of benzene rings is 1. The number of carbonyl (C=O) groups is 1. The molecule has 1 aliphatic rings. The number of ether oxygens (including phenoxy) is 1. The van der Waals surface area contributed by atoms with Crippen molar-refractivity contribution in [3.63, 3.8) is 0 Å². The van der Waals surface area contributed by atoms with E-state index in [4.69, 9.17) is 9.15 Å². The van der Waals surface area contributed by atoms with Gasteiger partial charge in [-0.15, -0.1) is 5.10 Å². The molecule has 3 rings (SSSR count). The molecule has 0 spiro atoms. The van der Waals surface area contributed by atoms with E-state index in [9.17, 15) is 18.4 Å². The Balaban J connectivity index is 1.76. The highest BCUT2D eigenvalue weighted by Crippen LogP contribution is 2.35. The van der Waals surface area contributed by atoms with E-state index in [1.807, 2.05) is 4.90 Å². The first-order valence-corrected chi connectivity index (χ1v) is 7.77. The van der Waals surface area contributed by atoms with Crippen LogP contribution in [-0.4, -0.2) is 47.8 Å². The number of nitrogens with one attached hydrogen (secondary N) is 1. The van der Waals surface area contributed by atoms with Crippen molar-refractivity contribution < 1.29 is 22.7 Å². The summed E-state index contributed by atoms with van der Waals surface area (Å²) >= 11 is 0. The van der Waals surface area contributed by atoms with Crippen molar-refractivity contribution in [3.8, 4) is 0 Å². The number of aromatic nitrogens is 2. The van der Waals surface area contributed by atoms with Crippen LogP contribution in [0.3, 0.4) is 0 Å². The van der Waals surface area contributed by atoms with Gasteiger partial charge in [0.25, 0.3) is 0 Å². The molecule has 0 aliphatic carbocycles. The monoisotopic (exact) mass is 353 g/mol. The smallest absolute Gasteiger partial charge is 0.434 e. The molecule has 2 aromatic rings. The first-order chi connectivity index (χ1) is 12.0. The lowest BCUT2D eigenvalue weighted by atomic mass is 9.88. The highest BCUT2D eigenvalue weighted by atomic mass is 19.1. The summed E-state index contributed by atoms with van der Waals surface area (Å²) in [6, 6.07) is 3.35. The number of likely N-dealkylation sites (tertiary alicyclic amines) is 1. The van der Waals surface area contributed by atoms with Crippen LogP contribution in [0.2, 0.25) is 0 Å². The van der Waals surface area contributed by atoms with Gasteiger partial charge in [-0.05, 0) is 11.6 Å². The van der Waals surface area contributed by atoms with Crippen molar-refractivity contribution in [3.05, 3.63) is 51.8 Å². The minimum absolute atomic E-state index is 0.260. The van der Waals surface area contributed by atoms with Crippen molar-refractivity contribution in [1.29, 1.82) is 0 Å². The number of hydrogen-bond donors (Lipinski definition) is 1. The molecule has 1 N–H and O–H groups in total. The molecule has 1 aromatic heterocycles. The zero-order chi connectivity index (χ0) is 18.0. The van der Waals surface area contributed by atoms with Crippen LogP contribution in [0, 0.1) is 17.6 Å². The van der Waals surface area contributed by atoms with E-state index < -0.39 is 35.2 Å². The lowest BCUT2D eigenvalue weighted by molar-refractivity contribution is -0.145. The van der Waals surface area contributed by atoms with E-state index in [0.29, 0.717) is 26.1 Å². The normalized spacial score (nSPS) is 20.8. The molecule has 0 saturated carbocycles. The number of aromatic amines is 1. The van der Waals surface area contributed by atoms with Crippen LogP contribution >= 0.6 is 0 Å². The third kappa shape index (κ3) is 3.76. The molecule has 0 radical (unpaired) electrons. The fraction of sp³-hybridized carbons (Fsp3) is 0.438. The lowest BCUT2D eigenvalue weighted by Gasteiger charge is -2.17. The third-order valence-corrected chi connectivity index (χ3v) is 4.39. The van der Waals surface area contributed by atoms with Crippen LogP contribution in [0.5, 0.6) is 0 Å². The maximum absolute atomic E-state index is 14.1. The molecular formula is C16H17F2N3O4. The van der Waals surface area contributed by atoms with Crippen molar-refractivity contribution in [2.75, 3.05) is 26.7 Å². The number of halogens is 2. The molecule has 1 aliphatic heterocycles. The molecule has 2 heterocycles. The summed E-state index contributed by atoms with van der Waals surface area (Å²) in [5.41, 5.74) is 0.283. The molecular weight excluding hydrogens is 336 g/mol. The summed E-state index contributed by atoms with van der Waals surface area (Å²) in [6.07, 6.45) is 0.366. The summed E-state index contributed by atoms with van der Waals surface area (Å²) in [5.74, 6) is -3.16. The highest BCUT2D eigenvalue weighted by molar-refractivity contribution is 5.74. The second kappa shape index (κ2) is 7.14. The molecule has 134 valence electrons. The number of hydrogen-bond acceptors (Lipinski definition) is 6. The van der Waals surface area contributed by atoms with Gasteiger partial charge in [-0.2, -0.15) is 0 Å². The minimum Gasteiger partial charge on any atom is -0.469 e. The molecule has 0 amide bonds. The van der Waals surface area contributed by atoms with Crippen LogP contribution in [0.15, 0.2) is 27.4 Å². The van der Waals surface area contributed by atoms with E-state index in [0.717, 1.165) is 6.07 Å². The fourth-order valence-corrected chi connectivity index (χ4v) is 3.20. The molecule has 9 heteroatoms. The number of H-pyrrole nitrogens is 1. The Labute approximate surface area is 141 Å². The summed E-state index contributed by atoms with van der Waals surface area (Å²) < 4.78 is 37.0. The molecule has 1 saturated heterocycles. The van der Waals surface area contributed by atoms with E-state index in [-0.39, 0.29) is 11.5 Å². The second-order valence-electron chi connectivity index (χ2n) is 5.92. The molecule has 1 unspecified atom stereocenters. The molecule has 7 nitrogen and oxygen atoms in total. The van der Waals surface area contributed by atoms with Gasteiger partial charge < -0.3 is 14.1 Å². The Hall–Kier alpha value is -2.55. The van der Waals surface area contributed by atoms with E-state index >= 15 is 0 Å². The number of rotatable bonds is 5. The second-order valence-corrected chi connectivity index (χ2v) is 5.92. The quantitative estimate of drug-likeness (QED) is 0.809. The van der Waals surface area contributed by atoms with Crippen molar-refractivity contribution in [2.24, 2.45) is 5.92 Å². The van der Waals surface area contributed by atoms with Crippen LogP contribution in [-0.2, 0) is 16.0 Å². The number of carbonyl (C=O) groups excluding carboxylic acids is 1. The van der Waals surface area contributed by atoms with E-state index in [1.165, 1.54) is 19.2 Å². The average Bonchev–Trinajstić information content (AvgIpc) is 3.18. The highest BCUT2D eigenvalue weighted by Gasteiger charge is 2.40. The zero-order valence-electron chi connectivity index (χ0n) is 13.5. The van der Waals surface area contributed by atoms with Gasteiger partial charge in [-0.3, -0.25) is 4.79 Å². The van der Waals surface area contributed by atoms with Gasteiger partial charge in [0.2, 0.25) is 5.89 Å². The Morgan fingerprint density at radius 1 is 1.44 bits per heavy atom. The van der Waals surface area contributed by atoms with Gasteiger partial charge in [0.1, 0.15) is 11.6 Å². The first kappa shape index (κ1) is 17.3. The van der Waals surface area contributed by atoms with E-state index in [2.05, 4.69) is 10.2 Å². The molecule has 1 fully saturated rings. The third-order valence-electron chi connectivity index (χ3n) is 4.39. The number of esters is 1. The zero-order valence-corrected chi connectivity index (χ0v) is 13.5. The van der Waals surface area contributed by atoms with E-state index in [1.54, 1.807) is 0 Å². The largest absolute Gasteiger partial charge is 0.469 e. The Morgan fingerprint density at radius 3 is 2.88 bits per heavy atom. The van der Waals surface area contributed by atoms with Gasteiger partial charge in [0, 0.05) is 38.0 Å². The molecule has 1 aromatic carbocycles. The summed E-state index contributed by atoms with van der Waals surface area (Å²) in [6.45, 7) is 1.24. The molecule has 2 atom stereocenters. The molecule has 25 heavy (non-hydrogen) atoms. The van der Waals surface area contributed by atoms with Gasteiger partial charge in [0.15, 0.2) is 0 Å². The summed E-state index contributed by atoms with van der Waals surface area (Å²) in [4.78, 5) is 24.9. The predicted octanol–water partition coefficient (Wildman–Crippen LogP) is 1.07. The average molecular weight is 353 g/mol. The predicted molar refractivity (Wildman–Crippen MR) is 81.9 cm³/mol. The Morgan fingerprint density at radius 2 is 2.24 bits per heavy atom. The summed E-state index contributed by atoms with van der Waals surface area (Å²) in [5, 5.41) is 5.90. The van der Waals surface area contributed by atoms with Crippen molar-refractivity contribution >= 4 is 5.97 Å². The SMILES string of the molecule is COC(=O)C1CN(CCc2n[nH]c(=O)o2)C[C@H]1c1ccc(F)cc1F. The van der Waals surface area contributed by atoms with Crippen LogP contribution in [0.25, 0.3) is 0 Å². The summed E-state index contributed by atoms with van der Waals surface area (Å²) in [7, 11) is 1.28. The topological polar surface area (TPSA) is 88.4 Å². The van der Waals surface area contributed by atoms with Crippen LogP contribution in [0.1, 0.15) is 17.4 Å². The van der Waals surface area contributed by atoms with Gasteiger partial charge in [0.05, 0.1) is 13.0 Å². The maximum atomic E-state index is 14.1. The van der Waals surface area contributed by atoms with Crippen LogP contribution < -0.4 is 5.76 Å². The van der Waals surface area contributed by atoms with Gasteiger partial charge >= 0.3 is 11.7 Å². The number of methoxy groups -OCH3 is 1. The lowest BCUT2D eigenvalue weighted by Crippen LogP contribution is -2.26. The van der Waals surface area contributed by atoms with Crippen molar-refractivity contribution in [2.45, 2.75) is 12.3 Å². The number of nitrogens with zero attached hydrogens (tertiary/aromatic N) is 2. The maximum Gasteiger partial charge on any atom is 0.434 e. The Kier molecular flexibility index (Phi) is 4.93. The standard InChI is InChI=1S/C16H17F2N3O4/c1-24-15(22)12-8-21(5-4-14-19-20-16(23)25-14)7-11(12)10-3-2-9(17)6-13(10)18/h2-3,6,11-12H,4-5,7-8H2,1H3,(H,20,23)/t11-,12?/m0/s1. The fourth-order valence-electron chi connectivity index (χ4n) is 3.20. The van der Waals surface area contributed by atoms with Gasteiger partial charge in [-0.25, -0.2) is 18.7 Å². The minimum atomic E-state index is -0.681. The Bertz CT molecular complexity index is 820. The molecule has 0 bridgehead atoms. The van der Waals surface area contributed by atoms with Gasteiger partial charge in [-0.1, -0.05) is 6.07 Å².